The van der Waals surface area contributed by atoms with Gasteiger partial charge in [0, 0.05) is 17.2 Å². The van der Waals surface area contributed by atoms with E-state index in [1.165, 1.54) is 12.8 Å². The normalized spacial score (nSPS) is 26.0. The van der Waals surface area contributed by atoms with Crippen molar-refractivity contribution in [2.75, 3.05) is 0 Å². The van der Waals surface area contributed by atoms with Gasteiger partial charge in [-0.2, -0.15) is 0 Å². The Labute approximate surface area is 126 Å². The molecule has 2 rings (SSSR count). The second-order valence-electron chi connectivity index (χ2n) is 6.94. The fourth-order valence-electron chi connectivity index (χ4n) is 3.50. The fraction of sp³-hybridized carbons (Fsp3) is 0.647. The van der Waals surface area contributed by atoms with Crippen LogP contribution in [-0.2, 0) is 6.42 Å². The minimum atomic E-state index is -0.308. The lowest BCUT2D eigenvalue weighted by Crippen LogP contribution is -2.46. The predicted molar refractivity (Wildman–Crippen MR) is 85.3 cm³/mol. The zero-order valence-electron chi connectivity index (χ0n) is 13.3. The Hall–Kier alpha value is -1.42. The smallest absolute Gasteiger partial charge is 0.272 e. The van der Waals surface area contributed by atoms with Gasteiger partial charge in [0.1, 0.15) is 0 Å². The molecule has 1 aromatic carbocycles. The molecule has 2 N–H and O–H groups in total. The van der Waals surface area contributed by atoms with E-state index in [0.717, 1.165) is 36.3 Å². The summed E-state index contributed by atoms with van der Waals surface area (Å²) in [5, 5.41) is 11.0. The molecule has 4 nitrogen and oxygen atoms in total. The van der Waals surface area contributed by atoms with Crippen LogP contribution in [0.5, 0.6) is 0 Å². The monoisotopic (exact) mass is 290 g/mol. The van der Waals surface area contributed by atoms with Crippen LogP contribution in [0.25, 0.3) is 0 Å². The third-order valence-corrected chi connectivity index (χ3v) is 5.13. The maximum absolute atomic E-state index is 11.0. The Bertz CT molecular complexity index is 518. The van der Waals surface area contributed by atoms with Crippen LogP contribution in [0.3, 0.4) is 0 Å². The fourth-order valence-corrected chi connectivity index (χ4v) is 3.50. The molecule has 0 atom stereocenters. The third kappa shape index (κ3) is 3.62. The van der Waals surface area contributed by atoms with E-state index in [0.29, 0.717) is 5.92 Å². The summed E-state index contributed by atoms with van der Waals surface area (Å²) in [6.45, 7) is 6.38. The summed E-state index contributed by atoms with van der Waals surface area (Å²) >= 11 is 0. The van der Waals surface area contributed by atoms with Crippen molar-refractivity contribution in [3.05, 3.63) is 39.4 Å². The Morgan fingerprint density at radius 3 is 2.52 bits per heavy atom. The molecule has 1 aliphatic carbocycles. The van der Waals surface area contributed by atoms with Gasteiger partial charge in [0.25, 0.3) is 5.69 Å². The van der Waals surface area contributed by atoms with Gasteiger partial charge in [-0.25, -0.2) is 0 Å². The summed E-state index contributed by atoms with van der Waals surface area (Å²) in [6.07, 6.45) is 5.10. The quantitative estimate of drug-likeness (QED) is 0.673. The lowest BCUT2D eigenvalue weighted by atomic mass is 9.71. The Morgan fingerprint density at radius 2 is 2.00 bits per heavy atom. The van der Waals surface area contributed by atoms with Crippen LogP contribution in [-0.4, -0.2) is 10.5 Å². The molecule has 0 bridgehead atoms. The molecular weight excluding hydrogens is 264 g/mol. The SMILES string of the molecule is Cc1c(CC2(N)CCC(C(C)C)CC2)cccc1[N+](=O)[O-]. The van der Waals surface area contributed by atoms with Crippen LogP contribution in [0.15, 0.2) is 18.2 Å². The molecule has 0 amide bonds. The maximum atomic E-state index is 11.0. The number of nitrogens with zero attached hydrogens (tertiary/aromatic N) is 1. The van der Waals surface area contributed by atoms with Crippen molar-refractivity contribution in [2.45, 2.75) is 58.4 Å². The van der Waals surface area contributed by atoms with Crippen LogP contribution in [0.4, 0.5) is 5.69 Å². The Kier molecular flexibility index (Phi) is 4.67. The van der Waals surface area contributed by atoms with Crippen molar-refractivity contribution in [2.24, 2.45) is 17.6 Å². The first-order valence-electron chi connectivity index (χ1n) is 7.84. The molecule has 0 heterocycles. The second kappa shape index (κ2) is 6.14. The number of rotatable bonds is 4. The number of nitro benzene ring substituents is 1. The van der Waals surface area contributed by atoms with Crippen LogP contribution in [0.2, 0.25) is 0 Å². The van der Waals surface area contributed by atoms with E-state index in [9.17, 15) is 10.1 Å². The van der Waals surface area contributed by atoms with Gasteiger partial charge in [0.15, 0.2) is 0 Å². The number of hydrogen-bond acceptors (Lipinski definition) is 3. The average molecular weight is 290 g/mol. The van der Waals surface area contributed by atoms with Crippen LogP contribution in [0.1, 0.15) is 50.7 Å². The van der Waals surface area contributed by atoms with Gasteiger partial charge >= 0.3 is 0 Å². The number of nitrogens with two attached hydrogens (primary N) is 1. The number of nitro groups is 1. The topological polar surface area (TPSA) is 69.2 Å². The molecule has 1 aromatic rings. The van der Waals surface area contributed by atoms with Crippen LogP contribution in [0, 0.1) is 28.9 Å². The maximum Gasteiger partial charge on any atom is 0.272 e. The Morgan fingerprint density at radius 1 is 1.38 bits per heavy atom. The number of hydrogen-bond donors (Lipinski definition) is 1. The van der Waals surface area contributed by atoms with E-state index in [-0.39, 0.29) is 16.1 Å². The highest BCUT2D eigenvalue weighted by Crippen LogP contribution is 2.37. The van der Waals surface area contributed by atoms with E-state index >= 15 is 0 Å². The van der Waals surface area contributed by atoms with E-state index in [1.807, 2.05) is 13.0 Å². The van der Waals surface area contributed by atoms with Gasteiger partial charge in [0.05, 0.1) is 4.92 Å². The highest BCUT2D eigenvalue weighted by molar-refractivity contribution is 5.45. The van der Waals surface area contributed by atoms with Gasteiger partial charge in [-0.15, -0.1) is 0 Å². The summed E-state index contributed by atoms with van der Waals surface area (Å²) in [7, 11) is 0. The molecular formula is C17H26N2O2. The minimum absolute atomic E-state index is 0.201. The van der Waals surface area contributed by atoms with Crippen molar-refractivity contribution in [3.8, 4) is 0 Å². The molecule has 4 heteroatoms. The molecule has 0 aromatic heterocycles. The van der Waals surface area contributed by atoms with Gasteiger partial charge in [0.2, 0.25) is 0 Å². The molecule has 1 aliphatic rings. The summed E-state index contributed by atoms with van der Waals surface area (Å²) in [5.41, 5.74) is 8.36. The standard InChI is InChI=1S/C17H26N2O2/c1-12(2)14-7-9-17(18,10-8-14)11-15-5-4-6-16(13(15)3)19(20)21/h4-6,12,14H,7-11,18H2,1-3H3. The molecule has 1 saturated carbocycles. The van der Waals surface area contributed by atoms with E-state index in [2.05, 4.69) is 13.8 Å². The van der Waals surface area contributed by atoms with Gasteiger partial charge in [-0.05, 0) is 56.4 Å². The first kappa shape index (κ1) is 16.0. The van der Waals surface area contributed by atoms with Gasteiger partial charge in [-0.1, -0.05) is 26.0 Å². The molecule has 1 fully saturated rings. The van der Waals surface area contributed by atoms with Crippen LogP contribution < -0.4 is 5.73 Å². The lowest BCUT2D eigenvalue weighted by molar-refractivity contribution is -0.385. The van der Waals surface area contributed by atoms with Crippen molar-refractivity contribution in [3.63, 3.8) is 0 Å². The first-order chi connectivity index (χ1) is 9.82. The lowest BCUT2D eigenvalue weighted by Gasteiger charge is -2.39. The zero-order chi connectivity index (χ0) is 15.6. The zero-order valence-corrected chi connectivity index (χ0v) is 13.3. The third-order valence-electron chi connectivity index (χ3n) is 5.13. The molecule has 0 unspecified atom stereocenters. The van der Waals surface area contributed by atoms with E-state index in [4.69, 9.17) is 5.73 Å². The van der Waals surface area contributed by atoms with Crippen molar-refractivity contribution in [1.29, 1.82) is 0 Å². The van der Waals surface area contributed by atoms with Crippen LogP contribution >= 0.6 is 0 Å². The molecule has 116 valence electrons. The molecule has 0 radical (unpaired) electrons. The Balaban J connectivity index is 2.12. The molecule has 21 heavy (non-hydrogen) atoms. The molecule has 0 aliphatic heterocycles. The predicted octanol–water partition coefficient (Wildman–Crippen LogP) is 3.99. The highest BCUT2D eigenvalue weighted by atomic mass is 16.6. The summed E-state index contributed by atoms with van der Waals surface area (Å²) in [5.74, 6) is 1.49. The number of benzene rings is 1. The largest absolute Gasteiger partial charge is 0.325 e. The van der Waals surface area contributed by atoms with Crippen molar-refractivity contribution < 1.29 is 4.92 Å². The second-order valence-corrected chi connectivity index (χ2v) is 6.94. The summed E-state index contributed by atoms with van der Waals surface area (Å²) in [4.78, 5) is 10.7. The van der Waals surface area contributed by atoms with Crippen molar-refractivity contribution >= 4 is 5.69 Å². The van der Waals surface area contributed by atoms with Crippen molar-refractivity contribution in [1.82, 2.24) is 0 Å². The minimum Gasteiger partial charge on any atom is -0.325 e. The molecule has 0 saturated heterocycles. The van der Waals surface area contributed by atoms with Gasteiger partial charge in [-0.3, -0.25) is 10.1 Å². The average Bonchev–Trinajstić information content (AvgIpc) is 2.41. The van der Waals surface area contributed by atoms with E-state index in [1.54, 1.807) is 12.1 Å². The summed E-state index contributed by atoms with van der Waals surface area (Å²) in [6, 6.07) is 5.31. The van der Waals surface area contributed by atoms with Gasteiger partial charge < -0.3 is 5.73 Å². The van der Waals surface area contributed by atoms with E-state index < -0.39 is 0 Å². The highest BCUT2D eigenvalue weighted by Gasteiger charge is 2.33. The molecule has 0 spiro atoms. The first-order valence-corrected chi connectivity index (χ1v) is 7.84. The summed E-state index contributed by atoms with van der Waals surface area (Å²) < 4.78 is 0.